The lowest BCUT2D eigenvalue weighted by molar-refractivity contribution is -0.122. The second kappa shape index (κ2) is 6.18. The van der Waals surface area contributed by atoms with Crippen molar-refractivity contribution in [3.63, 3.8) is 0 Å². The largest absolute Gasteiger partial charge is 0.481 e. The van der Waals surface area contributed by atoms with Gasteiger partial charge in [0.25, 0.3) is 5.91 Å². The van der Waals surface area contributed by atoms with E-state index in [-0.39, 0.29) is 5.91 Å². The van der Waals surface area contributed by atoms with Gasteiger partial charge in [0.2, 0.25) is 0 Å². The van der Waals surface area contributed by atoms with E-state index in [2.05, 4.69) is 10.5 Å². The van der Waals surface area contributed by atoms with Gasteiger partial charge in [0.05, 0.1) is 0 Å². The fourth-order valence-electron chi connectivity index (χ4n) is 1.66. The standard InChI is InChI=1S/C14H15FN2O3/c1-3-12(19-11-6-4-5-10(15)8-11)14(18)16-13-7-9(2)20-17-13/h4-8,12H,3H2,1-2H3,(H,16,17,18)/t12-/m0/s1. The lowest BCUT2D eigenvalue weighted by atomic mass is 10.2. The molecule has 1 aromatic heterocycles. The molecule has 0 bridgehead atoms. The third-order valence-corrected chi connectivity index (χ3v) is 2.62. The first kappa shape index (κ1) is 14.0. The highest BCUT2D eigenvalue weighted by Crippen LogP contribution is 2.16. The third-order valence-electron chi connectivity index (χ3n) is 2.62. The summed E-state index contributed by atoms with van der Waals surface area (Å²) in [5.41, 5.74) is 0. The van der Waals surface area contributed by atoms with Gasteiger partial charge in [-0.1, -0.05) is 18.1 Å². The average Bonchev–Trinajstić information content (AvgIpc) is 2.81. The molecule has 0 aliphatic heterocycles. The molecular formula is C14H15FN2O3. The number of aromatic nitrogens is 1. The van der Waals surface area contributed by atoms with E-state index in [1.165, 1.54) is 18.2 Å². The molecule has 0 radical (unpaired) electrons. The van der Waals surface area contributed by atoms with Gasteiger partial charge in [-0.2, -0.15) is 0 Å². The Balaban J connectivity index is 2.02. The van der Waals surface area contributed by atoms with E-state index in [9.17, 15) is 9.18 Å². The van der Waals surface area contributed by atoms with Crippen molar-refractivity contribution in [3.8, 4) is 5.75 Å². The topological polar surface area (TPSA) is 64.4 Å². The number of hydrogen-bond donors (Lipinski definition) is 1. The number of amides is 1. The Bertz CT molecular complexity index is 598. The van der Waals surface area contributed by atoms with Crippen LogP contribution >= 0.6 is 0 Å². The number of carbonyl (C=O) groups excluding carboxylic acids is 1. The Morgan fingerprint density at radius 2 is 2.30 bits per heavy atom. The van der Waals surface area contributed by atoms with Gasteiger partial charge in [-0.25, -0.2) is 4.39 Å². The number of carbonyl (C=O) groups is 1. The summed E-state index contributed by atoms with van der Waals surface area (Å²) < 4.78 is 23.4. The third kappa shape index (κ3) is 3.57. The molecule has 1 aromatic carbocycles. The van der Waals surface area contributed by atoms with Crippen LogP contribution in [0.4, 0.5) is 10.2 Å². The lowest BCUT2D eigenvalue weighted by Gasteiger charge is -2.16. The number of halogens is 1. The molecular weight excluding hydrogens is 263 g/mol. The number of nitrogens with zero attached hydrogens (tertiary/aromatic N) is 1. The van der Waals surface area contributed by atoms with Gasteiger partial charge in [-0.05, 0) is 25.5 Å². The average molecular weight is 278 g/mol. The van der Waals surface area contributed by atoms with E-state index in [0.717, 1.165) is 0 Å². The van der Waals surface area contributed by atoms with Crippen molar-refractivity contribution in [2.45, 2.75) is 26.4 Å². The molecule has 0 spiro atoms. The summed E-state index contributed by atoms with van der Waals surface area (Å²) in [5.74, 6) is 0.464. The van der Waals surface area contributed by atoms with Crippen molar-refractivity contribution >= 4 is 11.7 Å². The van der Waals surface area contributed by atoms with E-state index in [1.807, 2.05) is 0 Å². The fourth-order valence-corrected chi connectivity index (χ4v) is 1.66. The molecule has 6 heteroatoms. The van der Waals surface area contributed by atoms with Gasteiger partial charge >= 0.3 is 0 Å². The quantitative estimate of drug-likeness (QED) is 0.913. The Morgan fingerprint density at radius 3 is 2.90 bits per heavy atom. The molecule has 2 aromatic rings. The monoisotopic (exact) mass is 278 g/mol. The molecule has 1 atom stereocenters. The zero-order valence-electron chi connectivity index (χ0n) is 11.2. The highest BCUT2D eigenvalue weighted by Gasteiger charge is 2.19. The molecule has 0 unspecified atom stereocenters. The predicted octanol–water partition coefficient (Wildman–Crippen LogP) is 2.92. The summed E-state index contributed by atoms with van der Waals surface area (Å²) in [5, 5.41) is 6.26. The summed E-state index contributed by atoms with van der Waals surface area (Å²) >= 11 is 0. The Labute approximate surface area is 115 Å². The van der Waals surface area contributed by atoms with Crippen LogP contribution in [0.5, 0.6) is 5.75 Å². The molecule has 1 heterocycles. The van der Waals surface area contributed by atoms with Gasteiger partial charge < -0.3 is 14.6 Å². The molecule has 1 N–H and O–H groups in total. The number of rotatable bonds is 5. The molecule has 2 rings (SSSR count). The van der Waals surface area contributed by atoms with Crippen molar-refractivity contribution in [1.29, 1.82) is 0 Å². The van der Waals surface area contributed by atoms with E-state index in [0.29, 0.717) is 23.7 Å². The van der Waals surface area contributed by atoms with E-state index in [1.54, 1.807) is 26.0 Å². The van der Waals surface area contributed by atoms with Crippen LogP contribution in [0, 0.1) is 12.7 Å². The van der Waals surface area contributed by atoms with Crippen molar-refractivity contribution in [1.82, 2.24) is 5.16 Å². The van der Waals surface area contributed by atoms with Crippen molar-refractivity contribution in [2.75, 3.05) is 5.32 Å². The van der Waals surface area contributed by atoms with E-state index in [4.69, 9.17) is 9.26 Å². The van der Waals surface area contributed by atoms with Gasteiger partial charge in [0.15, 0.2) is 11.9 Å². The summed E-state index contributed by atoms with van der Waals surface area (Å²) in [4.78, 5) is 12.0. The van der Waals surface area contributed by atoms with Crippen LogP contribution in [0.25, 0.3) is 0 Å². The van der Waals surface area contributed by atoms with Gasteiger partial charge in [-0.15, -0.1) is 0 Å². The minimum Gasteiger partial charge on any atom is -0.481 e. The Morgan fingerprint density at radius 1 is 1.50 bits per heavy atom. The molecule has 5 nitrogen and oxygen atoms in total. The van der Waals surface area contributed by atoms with Crippen molar-refractivity contribution in [3.05, 3.63) is 41.9 Å². The molecule has 0 saturated carbocycles. The predicted molar refractivity (Wildman–Crippen MR) is 71.0 cm³/mol. The van der Waals surface area contributed by atoms with E-state index < -0.39 is 11.9 Å². The first-order valence-corrected chi connectivity index (χ1v) is 6.25. The maximum atomic E-state index is 13.1. The van der Waals surface area contributed by atoms with Gasteiger partial charge in [0, 0.05) is 12.1 Å². The molecule has 0 fully saturated rings. The highest BCUT2D eigenvalue weighted by molar-refractivity contribution is 5.93. The smallest absolute Gasteiger partial charge is 0.266 e. The fraction of sp³-hybridized carbons (Fsp3) is 0.286. The van der Waals surface area contributed by atoms with Gasteiger partial charge in [-0.3, -0.25) is 4.79 Å². The summed E-state index contributed by atoms with van der Waals surface area (Å²) in [6.45, 7) is 3.53. The molecule has 0 aliphatic rings. The van der Waals surface area contributed by atoms with Crippen molar-refractivity contribution in [2.24, 2.45) is 0 Å². The van der Waals surface area contributed by atoms with Crippen LogP contribution in [0.2, 0.25) is 0 Å². The SMILES string of the molecule is CC[C@H](Oc1cccc(F)c1)C(=O)Nc1cc(C)on1. The minimum atomic E-state index is -0.728. The number of benzene rings is 1. The summed E-state index contributed by atoms with van der Waals surface area (Å²) in [6.07, 6.45) is -0.284. The molecule has 1 amide bonds. The Kier molecular flexibility index (Phi) is 4.34. The maximum Gasteiger partial charge on any atom is 0.266 e. The van der Waals surface area contributed by atoms with Crippen LogP contribution in [-0.2, 0) is 4.79 Å². The first-order valence-electron chi connectivity index (χ1n) is 6.25. The molecule has 0 aliphatic carbocycles. The number of hydrogen-bond acceptors (Lipinski definition) is 4. The van der Waals surface area contributed by atoms with Gasteiger partial charge in [0.1, 0.15) is 17.3 Å². The van der Waals surface area contributed by atoms with Crippen LogP contribution in [0.15, 0.2) is 34.9 Å². The second-order valence-electron chi connectivity index (χ2n) is 4.28. The summed E-state index contributed by atoms with van der Waals surface area (Å²) in [6, 6.07) is 7.27. The lowest BCUT2D eigenvalue weighted by Crippen LogP contribution is -2.32. The first-order chi connectivity index (χ1) is 9.58. The number of ether oxygens (including phenoxy) is 1. The van der Waals surface area contributed by atoms with Crippen LogP contribution < -0.4 is 10.1 Å². The number of anilines is 1. The molecule has 106 valence electrons. The van der Waals surface area contributed by atoms with Crippen LogP contribution in [0.3, 0.4) is 0 Å². The van der Waals surface area contributed by atoms with Crippen molar-refractivity contribution < 1.29 is 18.4 Å². The maximum absolute atomic E-state index is 13.1. The van der Waals surface area contributed by atoms with Crippen LogP contribution in [-0.4, -0.2) is 17.2 Å². The zero-order chi connectivity index (χ0) is 14.5. The Hall–Kier alpha value is -2.37. The normalized spacial score (nSPS) is 11.9. The van der Waals surface area contributed by atoms with E-state index >= 15 is 0 Å². The minimum absolute atomic E-state index is 0.309. The molecule has 20 heavy (non-hydrogen) atoms. The number of aryl methyl sites for hydroxylation is 1. The molecule has 0 saturated heterocycles. The highest BCUT2D eigenvalue weighted by atomic mass is 19.1. The zero-order valence-corrected chi connectivity index (χ0v) is 11.2. The summed E-state index contributed by atoms with van der Waals surface area (Å²) in [7, 11) is 0. The number of nitrogens with one attached hydrogen (secondary N) is 1. The van der Waals surface area contributed by atoms with Crippen LogP contribution in [0.1, 0.15) is 19.1 Å². The second-order valence-corrected chi connectivity index (χ2v) is 4.28.